The van der Waals surface area contributed by atoms with Gasteiger partial charge in [-0.3, -0.25) is 19.3 Å². The molecule has 7 heteroatoms. The van der Waals surface area contributed by atoms with Crippen LogP contribution in [0.1, 0.15) is 31.7 Å². The molecule has 0 aromatic heterocycles. The van der Waals surface area contributed by atoms with Gasteiger partial charge in [0, 0.05) is 18.5 Å². The summed E-state index contributed by atoms with van der Waals surface area (Å²) in [6.45, 7) is 2.50. The third-order valence-electron chi connectivity index (χ3n) is 6.26. The van der Waals surface area contributed by atoms with Crippen molar-refractivity contribution in [1.29, 1.82) is 0 Å². The van der Waals surface area contributed by atoms with Crippen LogP contribution in [0.5, 0.6) is 0 Å². The Balaban J connectivity index is 1.79. The van der Waals surface area contributed by atoms with E-state index in [1.165, 1.54) is 4.90 Å². The van der Waals surface area contributed by atoms with Crippen molar-refractivity contribution in [2.75, 3.05) is 23.9 Å². The Morgan fingerprint density at radius 2 is 2.00 bits per heavy atom. The second kappa shape index (κ2) is 6.95. The number of nitrogens with zero attached hydrogens (tertiary/aromatic N) is 1. The van der Waals surface area contributed by atoms with Crippen molar-refractivity contribution >= 4 is 35.2 Å². The fourth-order valence-electron chi connectivity index (χ4n) is 5.03. The first-order chi connectivity index (χ1) is 13.1. The fourth-order valence-corrected chi connectivity index (χ4v) is 5.54. The molecule has 6 nitrogen and oxygen atoms in total. The molecule has 2 saturated heterocycles. The molecule has 4 rings (SSSR count). The highest BCUT2D eigenvalue weighted by Crippen LogP contribution is 2.49. The van der Waals surface area contributed by atoms with Gasteiger partial charge in [0.1, 0.15) is 17.9 Å². The predicted molar refractivity (Wildman–Crippen MR) is 104 cm³/mol. The van der Waals surface area contributed by atoms with Crippen molar-refractivity contribution in [3.63, 3.8) is 0 Å². The molecule has 3 aliphatic heterocycles. The number of quaternary nitrogens is 1. The van der Waals surface area contributed by atoms with Crippen LogP contribution in [0.3, 0.4) is 0 Å². The first-order valence-corrected chi connectivity index (χ1v) is 11.1. The van der Waals surface area contributed by atoms with Crippen molar-refractivity contribution in [2.24, 2.45) is 11.8 Å². The molecule has 144 valence electrons. The van der Waals surface area contributed by atoms with E-state index in [4.69, 9.17) is 0 Å². The van der Waals surface area contributed by atoms with Gasteiger partial charge in [-0.2, -0.15) is 11.8 Å². The highest BCUT2D eigenvalue weighted by molar-refractivity contribution is 7.98. The minimum atomic E-state index is -1.02. The molecule has 2 fully saturated rings. The number of hydrogen-bond donors (Lipinski definition) is 2. The minimum Gasteiger partial charge on any atom is -0.326 e. The van der Waals surface area contributed by atoms with Gasteiger partial charge in [-0.15, -0.1) is 0 Å². The highest BCUT2D eigenvalue weighted by Gasteiger charge is 2.73. The molecular formula is C20H26N3O3S+. The average Bonchev–Trinajstić information content (AvgIpc) is 3.24. The van der Waals surface area contributed by atoms with Crippen LogP contribution in [0.4, 0.5) is 5.69 Å². The van der Waals surface area contributed by atoms with E-state index in [1.54, 1.807) is 11.8 Å². The van der Waals surface area contributed by atoms with Gasteiger partial charge in [0.05, 0.1) is 5.69 Å². The monoisotopic (exact) mass is 388 g/mol. The second-order valence-electron chi connectivity index (χ2n) is 7.67. The molecule has 0 radical (unpaired) electrons. The van der Waals surface area contributed by atoms with Crippen LogP contribution in [0.15, 0.2) is 24.3 Å². The molecule has 1 spiro atoms. The number of nitrogens with one attached hydrogen (secondary N) is 1. The molecule has 1 aromatic carbocycles. The van der Waals surface area contributed by atoms with E-state index in [0.29, 0.717) is 6.54 Å². The zero-order valence-corrected chi connectivity index (χ0v) is 16.6. The molecule has 3 heterocycles. The van der Waals surface area contributed by atoms with E-state index in [9.17, 15) is 14.4 Å². The number of fused-ring (bicyclic) bond motifs is 4. The van der Waals surface area contributed by atoms with Crippen molar-refractivity contribution in [1.82, 2.24) is 4.90 Å². The van der Waals surface area contributed by atoms with Gasteiger partial charge in [-0.25, -0.2) is 0 Å². The summed E-state index contributed by atoms with van der Waals surface area (Å²) in [5.41, 5.74) is 0.586. The van der Waals surface area contributed by atoms with Gasteiger partial charge >= 0.3 is 0 Å². The standard InChI is InChI=1S/C20H25N3O3S/c1-3-4-10-23-17(24)15-14(9-11-27-2)22-20(16(15)18(23)25)12-7-5-6-8-13(12)21-19(20)26/h5-8,14-16,22H,3-4,9-11H2,1-2H3,(H,21,26)/p+1/t14-,15+,16-,20-/m0/s1. The lowest BCUT2D eigenvalue weighted by Gasteiger charge is -2.26. The summed E-state index contributed by atoms with van der Waals surface area (Å²) in [5.74, 6) is -0.553. The number of carbonyl (C=O) groups is 3. The summed E-state index contributed by atoms with van der Waals surface area (Å²) in [5, 5.41) is 4.98. The molecule has 27 heavy (non-hydrogen) atoms. The van der Waals surface area contributed by atoms with E-state index in [0.717, 1.165) is 36.3 Å². The van der Waals surface area contributed by atoms with Crippen molar-refractivity contribution in [3.8, 4) is 0 Å². The Kier molecular flexibility index (Phi) is 4.76. The van der Waals surface area contributed by atoms with Crippen LogP contribution < -0.4 is 10.6 Å². The number of nitrogens with two attached hydrogens (primary N) is 1. The Morgan fingerprint density at radius 1 is 1.22 bits per heavy atom. The number of rotatable bonds is 6. The van der Waals surface area contributed by atoms with E-state index >= 15 is 0 Å². The SMILES string of the molecule is CCCCN1C(=O)[C@@H]2[C@H](CCSC)[NH2+][C@]3(C(=O)Nc4ccccc43)[C@@H]2C1=O. The molecule has 0 saturated carbocycles. The Hall–Kier alpha value is -1.86. The normalized spacial score (nSPS) is 31.6. The van der Waals surface area contributed by atoms with E-state index < -0.39 is 17.4 Å². The number of anilines is 1. The summed E-state index contributed by atoms with van der Waals surface area (Å²) in [4.78, 5) is 41.1. The molecule has 3 amide bonds. The zero-order chi connectivity index (χ0) is 19.2. The maximum absolute atomic E-state index is 13.3. The average molecular weight is 389 g/mol. The number of amides is 3. The molecule has 3 N–H and O–H groups in total. The van der Waals surface area contributed by atoms with Gasteiger partial charge in [-0.1, -0.05) is 31.5 Å². The predicted octanol–water partition coefficient (Wildman–Crippen LogP) is 0.934. The molecule has 0 bridgehead atoms. The third-order valence-corrected chi connectivity index (χ3v) is 6.90. The van der Waals surface area contributed by atoms with E-state index in [1.807, 2.05) is 42.8 Å². The van der Waals surface area contributed by atoms with Gasteiger partial charge in [-0.05, 0) is 24.5 Å². The van der Waals surface area contributed by atoms with Crippen molar-refractivity contribution in [3.05, 3.63) is 29.8 Å². The van der Waals surface area contributed by atoms with Crippen LogP contribution in [-0.2, 0) is 19.9 Å². The molecule has 0 aliphatic carbocycles. The smallest absolute Gasteiger partial charge is 0.291 e. The van der Waals surface area contributed by atoms with Crippen molar-refractivity contribution in [2.45, 2.75) is 37.8 Å². The third kappa shape index (κ3) is 2.55. The number of para-hydroxylation sites is 1. The van der Waals surface area contributed by atoms with Crippen LogP contribution in [0.25, 0.3) is 0 Å². The second-order valence-corrected chi connectivity index (χ2v) is 8.65. The number of carbonyl (C=O) groups excluding carboxylic acids is 3. The van der Waals surface area contributed by atoms with Crippen molar-refractivity contribution < 1.29 is 19.7 Å². The number of likely N-dealkylation sites (tertiary alicyclic amines) is 1. The fraction of sp³-hybridized carbons (Fsp3) is 0.550. The Morgan fingerprint density at radius 3 is 2.74 bits per heavy atom. The van der Waals surface area contributed by atoms with Gasteiger partial charge in [0.25, 0.3) is 5.91 Å². The number of imide groups is 1. The largest absolute Gasteiger partial charge is 0.326 e. The topological polar surface area (TPSA) is 83.1 Å². The number of hydrogen-bond acceptors (Lipinski definition) is 4. The molecular weight excluding hydrogens is 362 g/mol. The Bertz CT molecular complexity index is 798. The van der Waals surface area contributed by atoms with Crippen LogP contribution in [0.2, 0.25) is 0 Å². The first kappa shape index (κ1) is 18.5. The van der Waals surface area contributed by atoms with E-state index in [-0.39, 0.29) is 23.8 Å². The van der Waals surface area contributed by atoms with Crippen LogP contribution in [0, 0.1) is 11.8 Å². The summed E-state index contributed by atoms with van der Waals surface area (Å²) < 4.78 is 0. The quantitative estimate of drug-likeness (QED) is 0.711. The molecule has 4 atom stereocenters. The Labute approximate surface area is 163 Å². The molecule has 1 aromatic rings. The number of unbranched alkanes of at least 4 members (excludes halogenated alkanes) is 1. The summed E-state index contributed by atoms with van der Waals surface area (Å²) in [7, 11) is 0. The van der Waals surface area contributed by atoms with Crippen LogP contribution >= 0.6 is 11.8 Å². The number of thioether (sulfide) groups is 1. The van der Waals surface area contributed by atoms with Gasteiger partial charge in [0.15, 0.2) is 0 Å². The maximum Gasteiger partial charge on any atom is 0.291 e. The molecule has 3 aliphatic rings. The van der Waals surface area contributed by atoms with Gasteiger partial charge in [0.2, 0.25) is 17.4 Å². The summed E-state index contributed by atoms with van der Waals surface area (Å²) in [6.07, 6.45) is 4.56. The summed E-state index contributed by atoms with van der Waals surface area (Å²) >= 11 is 1.73. The van der Waals surface area contributed by atoms with E-state index in [2.05, 4.69) is 5.32 Å². The lowest BCUT2D eigenvalue weighted by Crippen LogP contribution is -2.99. The summed E-state index contributed by atoms with van der Waals surface area (Å²) in [6, 6.07) is 7.52. The maximum atomic E-state index is 13.3. The van der Waals surface area contributed by atoms with Gasteiger partial charge < -0.3 is 10.6 Å². The van der Waals surface area contributed by atoms with Crippen LogP contribution in [-0.4, -0.2) is 47.2 Å². The zero-order valence-electron chi connectivity index (χ0n) is 15.7. The lowest BCUT2D eigenvalue weighted by molar-refractivity contribution is -0.733. The minimum absolute atomic E-state index is 0.0533. The lowest BCUT2D eigenvalue weighted by atomic mass is 9.76. The highest BCUT2D eigenvalue weighted by atomic mass is 32.2. The number of benzene rings is 1. The first-order valence-electron chi connectivity index (χ1n) is 9.67. The molecule has 0 unspecified atom stereocenters.